The molecule has 0 spiro atoms. The molecule has 2 fully saturated rings. The average molecular weight is 226 g/mol. The fraction of sp³-hybridized carbons (Fsp3) is 1.00. The van der Waals surface area contributed by atoms with E-state index in [-0.39, 0.29) is 12.1 Å². The molecule has 2 N–H and O–H groups in total. The van der Waals surface area contributed by atoms with E-state index in [2.05, 4.69) is 31.1 Å². The summed E-state index contributed by atoms with van der Waals surface area (Å²) in [5.41, 5.74) is -0.0935. The summed E-state index contributed by atoms with van der Waals surface area (Å²) in [7, 11) is 2.22. The molecule has 2 atom stereocenters. The molecule has 0 radical (unpaired) electrons. The molecular weight excluding hydrogens is 200 g/mol. The molecule has 0 amide bonds. The van der Waals surface area contributed by atoms with Crippen molar-refractivity contribution in [2.24, 2.45) is 0 Å². The molecule has 0 aromatic heterocycles. The van der Waals surface area contributed by atoms with E-state index in [1.165, 1.54) is 25.7 Å². The van der Waals surface area contributed by atoms with Gasteiger partial charge in [-0.05, 0) is 53.0 Å². The molecule has 3 heteroatoms. The van der Waals surface area contributed by atoms with Crippen LogP contribution < -0.4 is 5.32 Å². The van der Waals surface area contributed by atoms with Gasteiger partial charge in [-0.25, -0.2) is 0 Å². The maximum absolute atomic E-state index is 9.57. The minimum atomic E-state index is -0.0935. The van der Waals surface area contributed by atoms with Crippen LogP contribution in [0.4, 0.5) is 0 Å². The summed E-state index contributed by atoms with van der Waals surface area (Å²) in [5.74, 6) is 0. The molecule has 3 nitrogen and oxygen atoms in total. The Hall–Kier alpha value is -0.120. The van der Waals surface area contributed by atoms with Crippen molar-refractivity contribution in [2.75, 3.05) is 13.7 Å². The Morgan fingerprint density at radius 3 is 2.44 bits per heavy atom. The smallest absolute Gasteiger partial charge is 0.0611 e. The Morgan fingerprint density at radius 2 is 2.00 bits per heavy atom. The molecule has 0 aromatic carbocycles. The van der Waals surface area contributed by atoms with Gasteiger partial charge in [-0.3, -0.25) is 0 Å². The first-order valence-electron chi connectivity index (χ1n) is 6.64. The van der Waals surface area contributed by atoms with Crippen LogP contribution in [-0.2, 0) is 0 Å². The summed E-state index contributed by atoms with van der Waals surface area (Å²) in [6, 6.07) is 2.02. The molecule has 2 aliphatic rings. The van der Waals surface area contributed by atoms with Gasteiger partial charge in [0.05, 0.1) is 6.61 Å². The quantitative estimate of drug-likeness (QED) is 0.688. The monoisotopic (exact) mass is 226 g/mol. The molecule has 0 aromatic rings. The minimum absolute atomic E-state index is 0.0935. The second kappa shape index (κ2) is 4.63. The molecule has 2 unspecified atom stereocenters. The topological polar surface area (TPSA) is 35.5 Å². The lowest BCUT2D eigenvalue weighted by atomic mass is 9.93. The minimum Gasteiger partial charge on any atom is -0.394 e. The van der Waals surface area contributed by atoms with Crippen LogP contribution in [-0.4, -0.2) is 47.3 Å². The Balaban J connectivity index is 1.83. The first-order chi connectivity index (χ1) is 7.54. The zero-order valence-corrected chi connectivity index (χ0v) is 10.9. The van der Waals surface area contributed by atoms with E-state index in [9.17, 15) is 5.11 Å². The zero-order valence-electron chi connectivity index (χ0n) is 10.9. The van der Waals surface area contributed by atoms with E-state index < -0.39 is 0 Å². The first-order valence-corrected chi connectivity index (χ1v) is 6.64. The normalized spacial score (nSPS) is 26.8. The second-order valence-electron chi connectivity index (χ2n) is 6.09. The third kappa shape index (κ3) is 3.19. The molecule has 0 bridgehead atoms. The summed E-state index contributed by atoms with van der Waals surface area (Å²) >= 11 is 0. The summed E-state index contributed by atoms with van der Waals surface area (Å²) in [4.78, 5) is 2.47. The van der Waals surface area contributed by atoms with Gasteiger partial charge in [0, 0.05) is 23.7 Å². The number of aliphatic hydroxyl groups is 1. The fourth-order valence-electron chi connectivity index (χ4n) is 2.53. The molecule has 0 heterocycles. The van der Waals surface area contributed by atoms with Crippen molar-refractivity contribution in [2.45, 2.75) is 69.6 Å². The highest BCUT2D eigenvalue weighted by atomic mass is 16.3. The molecule has 2 saturated carbocycles. The van der Waals surface area contributed by atoms with Gasteiger partial charge in [0.1, 0.15) is 0 Å². The third-order valence-corrected chi connectivity index (χ3v) is 4.04. The van der Waals surface area contributed by atoms with Crippen molar-refractivity contribution in [1.82, 2.24) is 10.2 Å². The van der Waals surface area contributed by atoms with Crippen LogP contribution in [0, 0.1) is 0 Å². The SMILES string of the molecule is CC(CC(C)(CO)NC1CC1)N(C)C1CC1. The van der Waals surface area contributed by atoms with E-state index >= 15 is 0 Å². The van der Waals surface area contributed by atoms with Crippen LogP contribution in [0.2, 0.25) is 0 Å². The van der Waals surface area contributed by atoms with Crippen molar-refractivity contribution in [3.05, 3.63) is 0 Å². The van der Waals surface area contributed by atoms with Gasteiger partial charge < -0.3 is 15.3 Å². The van der Waals surface area contributed by atoms with Crippen molar-refractivity contribution < 1.29 is 5.11 Å². The molecule has 16 heavy (non-hydrogen) atoms. The maximum atomic E-state index is 9.57. The zero-order chi connectivity index (χ0) is 11.8. The van der Waals surface area contributed by atoms with Gasteiger partial charge in [-0.2, -0.15) is 0 Å². The molecule has 0 aliphatic heterocycles. The van der Waals surface area contributed by atoms with Gasteiger partial charge in [0.2, 0.25) is 0 Å². The van der Waals surface area contributed by atoms with Crippen molar-refractivity contribution in [3.8, 4) is 0 Å². The van der Waals surface area contributed by atoms with E-state index in [4.69, 9.17) is 0 Å². The summed E-state index contributed by atoms with van der Waals surface area (Å²) in [5, 5.41) is 13.2. The van der Waals surface area contributed by atoms with Crippen molar-refractivity contribution >= 4 is 0 Å². The Morgan fingerprint density at radius 1 is 1.38 bits per heavy atom. The van der Waals surface area contributed by atoms with Crippen LogP contribution >= 0.6 is 0 Å². The first kappa shape index (κ1) is 12.3. The Labute approximate surface area is 99.2 Å². The number of nitrogens with zero attached hydrogens (tertiary/aromatic N) is 1. The van der Waals surface area contributed by atoms with Crippen molar-refractivity contribution in [3.63, 3.8) is 0 Å². The highest BCUT2D eigenvalue weighted by Gasteiger charge is 2.36. The van der Waals surface area contributed by atoms with Crippen LogP contribution in [0.1, 0.15) is 46.0 Å². The van der Waals surface area contributed by atoms with Gasteiger partial charge in [0.25, 0.3) is 0 Å². The van der Waals surface area contributed by atoms with Crippen LogP contribution in [0.5, 0.6) is 0 Å². The summed E-state index contributed by atoms with van der Waals surface area (Å²) in [6.45, 7) is 4.68. The highest BCUT2D eigenvalue weighted by Crippen LogP contribution is 2.30. The van der Waals surface area contributed by atoms with E-state index in [1.54, 1.807) is 0 Å². The van der Waals surface area contributed by atoms with Gasteiger partial charge in [-0.15, -0.1) is 0 Å². The maximum Gasteiger partial charge on any atom is 0.0611 e. The number of aliphatic hydroxyl groups excluding tert-OH is 1. The lowest BCUT2D eigenvalue weighted by Gasteiger charge is -2.35. The molecule has 0 saturated heterocycles. The summed E-state index contributed by atoms with van der Waals surface area (Å²) in [6.07, 6.45) is 6.30. The van der Waals surface area contributed by atoms with Gasteiger partial charge in [-0.1, -0.05) is 0 Å². The van der Waals surface area contributed by atoms with E-state index in [1.807, 2.05) is 0 Å². The molecular formula is C13H26N2O. The van der Waals surface area contributed by atoms with E-state index in [0.29, 0.717) is 12.1 Å². The van der Waals surface area contributed by atoms with Crippen molar-refractivity contribution in [1.29, 1.82) is 0 Å². The fourth-order valence-corrected chi connectivity index (χ4v) is 2.53. The predicted octanol–water partition coefficient (Wildman–Crippen LogP) is 1.36. The largest absolute Gasteiger partial charge is 0.394 e. The molecule has 2 aliphatic carbocycles. The number of rotatable bonds is 7. The van der Waals surface area contributed by atoms with E-state index in [0.717, 1.165) is 12.5 Å². The standard InChI is InChI=1S/C13H26N2O/c1-10(15(3)12-6-7-12)8-13(2,9-16)14-11-4-5-11/h10-12,14,16H,4-9H2,1-3H3. The number of nitrogens with one attached hydrogen (secondary N) is 1. The number of hydrogen-bond acceptors (Lipinski definition) is 3. The number of hydrogen-bond donors (Lipinski definition) is 2. The predicted molar refractivity (Wildman–Crippen MR) is 66.5 cm³/mol. The summed E-state index contributed by atoms with van der Waals surface area (Å²) < 4.78 is 0. The lowest BCUT2D eigenvalue weighted by molar-refractivity contribution is 0.122. The van der Waals surface area contributed by atoms with Crippen LogP contribution in [0.25, 0.3) is 0 Å². The molecule has 94 valence electrons. The average Bonchev–Trinajstić information content (AvgIpc) is 3.09. The van der Waals surface area contributed by atoms with Crippen LogP contribution in [0.3, 0.4) is 0 Å². The Kier molecular flexibility index (Phi) is 3.57. The second-order valence-corrected chi connectivity index (χ2v) is 6.09. The lowest BCUT2D eigenvalue weighted by Crippen LogP contribution is -2.51. The highest BCUT2D eigenvalue weighted by molar-refractivity contribution is 4.95. The van der Waals surface area contributed by atoms with Gasteiger partial charge in [0.15, 0.2) is 0 Å². The van der Waals surface area contributed by atoms with Crippen LogP contribution in [0.15, 0.2) is 0 Å². The van der Waals surface area contributed by atoms with Gasteiger partial charge >= 0.3 is 0 Å². The molecule has 2 rings (SSSR count). The third-order valence-electron chi connectivity index (χ3n) is 4.04. The Bertz CT molecular complexity index is 238.